The zero-order valence-electron chi connectivity index (χ0n) is 9.77. The zero-order valence-corrected chi connectivity index (χ0v) is 9.77. The minimum Gasteiger partial charge on any atom is -0.305 e. The Morgan fingerprint density at radius 1 is 1.44 bits per heavy atom. The molecule has 0 aromatic rings. The van der Waals surface area contributed by atoms with Crippen LogP contribution in [0.2, 0.25) is 0 Å². The molecule has 0 bridgehead atoms. The summed E-state index contributed by atoms with van der Waals surface area (Å²) in [4.78, 5) is 1.42. The van der Waals surface area contributed by atoms with E-state index in [-0.39, 0.29) is 6.04 Å². The number of halogens is 3. The molecule has 0 fully saturated rings. The number of rotatable bonds is 7. The highest BCUT2D eigenvalue weighted by Gasteiger charge is 2.32. The van der Waals surface area contributed by atoms with Crippen molar-refractivity contribution in [3.05, 3.63) is 0 Å². The van der Waals surface area contributed by atoms with Gasteiger partial charge in [-0.2, -0.15) is 13.2 Å². The second kappa shape index (κ2) is 7.53. The first-order valence-electron chi connectivity index (χ1n) is 5.35. The quantitative estimate of drug-likeness (QED) is 0.536. The smallest absolute Gasteiger partial charge is 0.305 e. The van der Waals surface area contributed by atoms with Crippen molar-refractivity contribution in [2.45, 2.75) is 32.5 Å². The van der Waals surface area contributed by atoms with Gasteiger partial charge in [0.2, 0.25) is 0 Å². The van der Waals surface area contributed by atoms with Gasteiger partial charge in [-0.05, 0) is 19.9 Å². The Labute approximate surface area is 95.2 Å². The van der Waals surface area contributed by atoms with Crippen molar-refractivity contribution in [3.8, 4) is 12.3 Å². The first kappa shape index (κ1) is 15.3. The van der Waals surface area contributed by atoms with Gasteiger partial charge in [0.1, 0.15) is 0 Å². The summed E-state index contributed by atoms with van der Waals surface area (Å²) in [6.45, 7) is 4.07. The van der Waals surface area contributed by atoms with Crippen LogP contribution in [0.15, 0.2) is 0 Å². The van der Waals surface area contributed by atoms with E-state index >= 15 is 0 Å². The fraction of sp³-hybridized carbons (Fsp3) is 0.818. The summed E-state index contributed by atoms with van der Waals surface area (Å²) in [5.41, 5.74) is 0. The average molecular weight is 236 g/mol. The van der Waals surface area contributed by atoms with E-state index in [2.05, 4.69) is 11.2 Å². The van der Waals surface area contributed by atoms with Gasteiger partial charge in [-0.1, -0.05) is 12.8 Å². The third-order valence-electron chi connectivity index (χ3n) is 2.18. The Kier molecular flexibility index (Phi) is 7.18. The summed E-state index contributed by atoms with van der Waals surface area (Å²) >= 11 is 0. The van der Waals surface area contributed by atoms with Crippen molar-refractivity contribution in [1.82, 2.24) is 10.2 Å². The number of alkyl halides is 3. The van der Waals surface area contributed by atoms with Crippen LogP contribution in [0.4, 0.5) is 13.2 Å². The molecule has 0 aromatic carbocycles. The summed E-state index contributed by atoms with van der Waals surface area (Å²) < 4.78 is 36.8. The van der Waals surface area contributed by atoms with E-state index in [4.69, 9.17) is 6.42 Å². The van der Waals surface area contributed by atoms with Crippen molar-refractivity contribution in [2.75, 3.05) is 26.2 Å². The van der Waals surface area contributed by atoms with Gasteiger partial charge < -0.3 is 5.32 Å². The minimum absolute atomic E-state index is 0.171. The van der Waals surface area contributed by atoms with Crippen molar-refractivity contribution in [3.63, 3.8) is 0 Å². The molecule has 0 radical (unpaired) electrons. The van der Waals surface area contributed by atoms with Gasteiger partial charge in [-0.25, -0.2) is 0 Å². The molecule has 0 saturated heterocycles. The SMILES string of the molecule is C#CCNCC(C)N(CCC)CC(F)(F)F. The molecular formula is C11H19F3N2. The lowest BCUT2D eigenvalue weighted by atomic mass is 10.2. The lowest BCUT2D eigenvalue weighted by molar-refractivity contribution is -0.150. The molecule has 0 spiro atoms. The van der Waals surface area contributed by atoms with Crippen molar-refractivity contribution < 1.29 is 13.2 Å². The molecule has 1 N–H and O–H groups in total. The molecule has 0 rings (SSSR count). The number of nitrogens with zero attached hydrogens (tertiary/aromatic N) is 1. The minimum atomic E-state index is -4.14. The maximum atomic E-state index is 12.3. The van der Waals surface area contributed by atoms with Gasteiger partial charge >= 0.3 is 6.18 Å². The molecule has 0 amide bonds. The second-order valence-electron chi connectivity index (χ2n) is 3.77. The van der Waals surface area contributed by atoms with Gasteiger partial charge in [-0.15, -0.1) is 6.42 Å². The summed E-state index contributed by atoms with van der Waals surface area (Å²) in [7, 11) is 0. The Bertz CT molecular complexity index is 220. The van der Waals surface area contributed by atoms with E-state index in [1.807, 2.05) is 6.92 Å². The molecule has 5 heteroatoms. The van der Waals surface area contributed by atoms with Crippen LogP contribution in [-0.4, -0.2) is 43.3 Å². The van der Waals surface area contributed by atoms with Crippen LogP contribution in [0.5, 0.6) is 0 Å². The fourth-order valence-corrected chi connectivity index (χ4v) is 1.46. The second-order valence-corrected chi connectivity index (χ2v) is 3.77. The van der Waals surface area contributed by atoms with E-state index in [1.54, 1.807) is 6.92 Å². The van der Waals surface area contributed by atoms with Gasteiger partial charge in [0.25, 0.3) is 0 Å². The normalized spacial score (nSPS) is 13.8. The molecule has 0 aliphatic carbocycles. The molecule has 94 valence electrons. The molecule has 0 aromatic heterocycles. The average Bonchev–Trinajstić information content (AvgIpc) is 2.15. The molecule has 0 aliphatic heterocycles. The van der Waals surface area contributed by atoms with Crippen molar-refractivity contribution in [1.29, 1.82) is 0 Å². The lowest BCUT2D eigenvalue weighted by Crippen LogP contribution is -2.45. The Balaban J connectivity index is 4.13. The summed E-state index contributed by atoms with van der Waals surface area (Å²) in [5, 5.41) is 2.91. The standard InChI is InChI=1S/C11H19F3N2/c1-4-6-15-8-10(3)16(7-5-2)9-11(12,13)14/h1,10,15H,5-9H2,2-3H3. The third kappa shape index (κ3) is 7.55. The van der Waals surface area contributed by atoms with E-state index in [0.717, 1.165) is 0 Å². The topological polar surface area (TPSA) is 15.3 Å². The highest BCUT2D eigenvalue weighted by Crippen LogP contribution is 2.18. The lowest BCUT2D eigenvalue weighted by Gasteiger charge is -2.29. The summed E-state index contributed by atoms with van der Waals surface area (Å²) in [6.07, 6.45) is 1.61. The van der Waals surface area contributed by atoms with Crippen LogP contribution in [0.1, 0.15) is 20.3 Å². The first-order chi connectivity index (χ1) is 7.40. The summed E-state index contributed by atoms with van der Waals surface area (Å²) in [6, 6.07) is -0.171. The molecule has 0 saturated carbocycles. The largest absolute Gasteiger partial charge is 0.401 e. The highest BCUT2D eigenvalue weighted by molar-refractivity contribution is 4.87. The summed E-state index contributed by atoms with van der Waals surface area (Å²) in [5.74, 6) is 2.39. The molecule has 2 nitrogen and oxygen atoms in total. The van der Waals surface area contributed by atoms with Crippen LogP contribution in [0.3, 0.4) is 0 Å². The number of nitrogens with one attached hydrogen (secondary N) is 1. The Morgan fingerprint density at radius 2 is 2.06 bits per heavy atom. The maximum Gasteiger partial charge on any atom is 0.401 e. The molecule has 0 aliphatic rings. The third-order valence-corrected chi connectivity index (χ3v) is 2.18. The fourth-order valence-electron chi connectivity index (χ4n) is 1.46. The van der Waals surface area contributed by atoms with Crippen LogP contribution in [-0.2, 0) is 0 Å². The number of hydrogen-bond acceptors (Lipinski definition) is 2. The van der Waals surface area contributed by atoms with Crippen molar-refractivity contribution >= 4 is 0 Å². The van der Waals surface area contributed by atoms with Crippen LogP contribution < -0.4 is 5.32 Å². The predicted molar refractivity (Wildman–Crippen MR) is 59.1 cm³/mol. The van der Waals surface area contributed by atoms with Gasteiger partial charge in [0.05, 0.1) is 13.1 Å². The molecule has 16 heavy (non-hydrogen) atoms. The monoisotopic (exact) mass is 236 g/mol. The predicted octanol–water partition coefficient (Wildman–Crippen LogP) is 1.87. The van der Waals surface area contributed by atoms with E-state index in [1.165, 1.54) is 4.90 Å². The van der Waals surface area contributed by atoms with Crippen molar-refractivity contribution in [2.24, 2.45) is 0 Å². The van der Waals surface area contributed by atoms with E-state index in [9.17, 15) is 13.2 Å². The molecular weight excluding hydrogens is 217 g/mol. The zero-order chi connectivity index (χ0) is 12.6. The number of terminal acetylenes is 1. The van der Waals surface area contributed by atoms with E-state index in [0.29, 0.717) is 26.1 Å². The van der Waals surface area contributed by atoms with E-state index < -0.39 is 12.7 Å². The first-order valence-corrected chi connectivity index (χ1v) is 5.35. The van der Waals surface area contributed by atoms with Gasteiger partial charge in [-0.3, -0.25) is 4.90 Å². The van der Waals surface area contributed by atoms with Crippen LogP contribution >= 0.6 is 0 Å². The highest BCUT2D eigenvalue weighted by atomic mass is 19.4. The number of hydrogen-bond donors (Lipinski definition) is 1. The Morgan fingerprint density at radius 3 is 2.50 bits per heavy atom. The van der Waals surface area contributed by atoms with Gasteiger partial charge in [0.15, 0.2) is 0 Å². The van der Waals surface area contributed by atoms with Crippen LogP contribution in [0.25, 0.3) is 0 Å². The Hall–Kier alpha value is -0.730. The maximum absolute atomic E-state index is 12.3. The molecule has 1 unspecified atom stereocenters. The molecule has 1 atom stereocenters. The van der Waals surface area contributed by atoms with Crippen LogP contribution in [0, 0.1) is 12.3 Å². The van der Waals surface area contributed by atoms with Gasteiger partial charge in [0, 0.05) is 12.6 Å². The molecule has 0 heterocycles.